The molecule has 0 aromatic carbocycles. The summed E-state index contributed by atoms with van der Waals surface area (Å²) in [5.74, 6) is 0.417. The maximum atomic E-state index is 11.8. The Kier molecular flexibility index (Phi) is 6.80. The summed E-state index contributed by atoms with van der Waals surface area (Å²) in [5.41, 5.74) is 0.00192. The van der Waals surface area contributed by atoms with Gasteiger partial charge in [0.2, 0.25) is 0 Å². The van der Waals surface area contributed by atoms with Crippen molar-refractivity contribution < 1.29 is 64.3 Å². The molecule has 0 saturated heterocycles. The zero-order valence-corrected chi connectivity index (χ0v) is 11.4. The Morgan fingerprint density at radius 2 is 1.50 bits per heavy atom. The van der Waals surface area contributed by atoms with Gasteiger partial charge in [-0.15, -0.1) is 11.5 Å². The first-order valence-corrected chi connectivity index (χ1v) is 3.53. The van der Waals surface area contributed by atoms with Crippen LogP contribution >= 0.6 is 0 Å². The standard InChI is InChI=1S/C7H13BF3.K/c1-6(7(2,3)4)5-8(9,10)11;/h5H,1-4H3;/q-1;+1/b6-5+;. The Morgan fingerprint density at radius 3 is 1.58 bits per heavy atom. The van der Waals surface area contributed by atoms with Crippen LogP contribution in [0.3, 0.4) is 0 Å². The van der Waals surface area contributed by atoms with Gasteiger partial charge in [-0.3, -0.25) is 0 Å². The Morgan fingerprint density at radius 1 is 1.17 bits per heavy atom. The summed E-state index contributed by atoms with van der Waals surface area (Å²) >= 11 is 0. The quantitative estimate of drug-likeness (QED) is 0.541. The second-order valence-corrected chi connectivity index (χ2v) is 3.73. The summed E-state index contributed by atoms with van der Waals surface area (Å²) in [6.45, 7) is 2.03. The molecule has 0 unspecified atom stereocenters. The van der Waals surface area contributed by atoms with E-state index in [2.05, 4.69) is 0 Å². The van der Waals surface area contributed by atoms with Crippen LogP contribution in [0.2, 0.25) is 0 Å². The molecule has 0 aliphatic carbocycles. The van der Waals surface area contributed by atoms with E-state index in [1.807, 2.05) is 0 Å². The van der Waals surface area contributed by atoms with E-state index in [1.165, 1.54) is 6.92 Å². The molecular formula is C7H13BF3K. The van der Waals surface area contributed by atoms with Gasteiger partial charge in [0.1, 0.15) is 0 Å². The molecule has 0 radical (unpaired) electrons. The van der Waals surface area contributed by atoms with Gasteiger partial charge >= 0.3 is 58.4 Å². The minimum atomic E-state index is -4.77. The number of hydrogen-bond donors (Lipinski definition) is 0. The first-order chi connectivity index (χ1) is 4.63. The smallest absolute Gasteiger partial charge is 0.445 e. The van der Waals surface area contributed by atoms with E-state index in [-0.39, 0.29) is 56.8 Å². The monoisotopic (exact) mass is 204 g/mol. The van der Waals surface area contributed by atoms with Gasteiger partial charge in [-0.1, -0.05) is 20.8 Å². The predicted molar refractivity (Wildman–Crippen MR) is 42.3 cm³/mol. The molecular weight excluding hydrogens is 191 g/mol. The molecule has 0 rings (SSSR count). The molecule has 0 amide bonds. The first-order valence-electron chi connectivity index (χ1n) is 3.53. The molecule has 0 atom stereocenters. The van der Waals surface area contributed by atoms with Crippen molar-refractivity contribution in [3.05, 3.63) is 11.5 Å². The normalized spacial score (nSPS) is 14.1. The average Bonchev–Trinajstić information content (AvgIpc) is 1.56. The second-order valence-electron chi connectivity index (χ2n) is 3.73. The van der Waals surface area contributed by atoms with Crippen LogP contribution in [-0.2, 0) is 0 Å². The van der Waals surface area contributed by atoms with E-state index in [0.29, 0.717) is 11.5 Å². The van der Waals surface area contributed by atoms with Gasteiger partial charge in [-0.2, -0.15) is 0 Å². The van der Waals surface area contributed by atoms with Crippen molar-refractivity contribution in [2.75, 3.05) is 0 Å². The molecule has 66 valence electrons. The van der Waals surface area contributed by atoms with Crippen LogP contribution in [-0.4, -0.2) is 6.98 Å². The molecule has 0 nitrogen and oxygen atoms in total. The van der Waals surface area contributed by atoms with Gasteiger partial charge < -0.3 is 12.9 Å². The molecule has 5 heteroatoms. The fraction of sp³-hybridized carbons (Fsp3) is 0.714. The summed E-state index contributed by atoms with van der Waals surface area (Å²) in [6, 6.07) is 0. The van der Waals surface area contributed by atoms with Gasteiger partial charge in [0.25, 0.3) is 0 Å². The van der Waals surface area contributed by atoms with Crippen molar-refractivity contribution >= 4 is 6.98 Å². The van der Waals surface area contributed by atoms with Gasteiger partial charge in [-0.05, 0) is 12.3 Å². The van der Waals surface area contributed by atoms with Gasteiger partial charge in [0.15, 0.2) is 0 Å². The number of allylic oxidation sites excluding steroid dienone is 1. The van der Waals surface area contributed by atoms with Crippen molar-refractivity contribution in [2.45, 2.75) is 27.7 Å². The minimum Gasteiger partial charge on any atom is -0.445 e. The third kappa shape index (κ3) is 7.86. The van der Waals surface area contributed by atoms with E-state index >= 15 is 0 Å². The largest absolute Gasteiger partial charge is 1.00 e. The van der Waals surface area contributed by atoms with Crippen molar-refractivity contribution in [1.29, 1.82) is 0 Å². The molecule has 0 aliphatic rings. The Labute approximate surface area is 114 Å². The molecule has 0 aromatic rings. The van der Waals surface area contributed by atoms with Gasteiger partial charge in [0.05, 0.1) is 0 Å². The van der Waals surface area contributed by atoms with Crippen LogP contribution < -0.4 is 51.4 Å². The van der Waals surface area contributed by atoms with Crippen molar-refractivity contribution in [2.24, 2.45) is 5.41 Å². The fourth-order valence-electron chi connectivity index (χ4n) is 0.533. The zero-order chi connectivity index (χ0) is 9.28. The van der Waals surface area contributed by atoms with E-state index in [9.17, 15) is 12.9 Å². The third-order valence-electron chi connectivity index (χ3n) is 1.62. The molecule has 0 bridgehead atoms. The van der Waals surface area contributed by atoms with Gasteiger partial charge in [-0.25, -0.2) is 0 Å². The van der Waals surface area contributed by atoms with Crippen molar-refractivity contribution in [1.82, 2.24) is 0 Å². The molecule has 0 fully saturated rings. The molecule has 0 spiro atoms. The molecule has 0 N–H and O–H groups in total. The SMILES string of the molecule is C/C(=C\[B-](F)(F)F)C(C)(C)C.[K+]. The topological polar surface area (TPSA) is 0 Å². The Hall–Kier alpha value is 1.23. The summed E-state index contributed by atoms with van der Waals surface area (Å²) in [4.78, 5) is 0. The van der Waals surface area contributed by atoms with Crippen LogP contribution in [0.15, 0.2) is 11.5 Å². The molecule has 12 heavy (non-hydrogen) atoms. The minimum absolute atomic E-state index is 0. The number of halogens is 3. The summed E-state index contributed by atoms with van der Waals surface area (Å²) in [5, 5.41) is 0. The first kappa shape index (κ1) is 15.7. The third-order valence-corrected chi connectivity index (χ3v) is 1.62. The molecule has 0 aliphatic heterocycles. The fourth-order valence-corrected chi connectivity index (χ4v) is 0.533. The predicted octanol–water partition coefficient (Wildman–Crippen LogP) is 0.369. The maximum absolute atomic E-state index is 11.8. The second kappa shape index (κ2) is 5.20. The van der Waals surface area contributed by atoms with E-state index in [1.54, 1.807) is 20.8 Å². The maximum Gasteiger partial charge on any atom is 1.00 e. The van der Waals surface area contributed by atoms with Crippen LogP contribution in [0.1, 0.15) is 27.7 Å². The Balaban J connectivity index is 0. The van der Waals surface area contributed by atoms with Crippen molar-refractivity contribution in [3.63, 3.8) is 0 Å². The van der Waals surface area contributed by atoms with E-state index in [4.69, 9.17) is 0 Å². The summed E-state index contributed by atoms with van der Waals surface area (Å²) < 4.78 is 35.5. The van der Waals surface area contributed by atoms with Crippen molar-refractivity contribution in [3.8, 4) is 0 Å². The van der Waals surface area contributed by atoms with Crippen LogP contribution in [0.25, 0.3) is 0 Å². The van der Waals surface area contributed by atoms with E-state index in [0.717, 1.165) is 0 Å². The average molecular weight is 204 g/mol. The Bertz CT molecular complexity index is 166. The molecule has 0 aromatic heterocycles. The molecule has 0 saturated carbocycles. The number of hydrogen-bond acceptors (Lipinski definition) is 0. The van der Waals surface area contributed by atoms with Crippen LogP contribution in [0.5, 0.6) is 0 Å². The number of rotatable bonds is 1. The van der Waals surface area contributed by atoms with E-state index < -0.39 is 6.98 Å². The summed E-state index contributed by atoms with van der Waals surface area (Å²) in [7, 11) is 0. The van der Waals surface area contributed by atoms with Gasteiger partial charge in [0, 0.05) is 0 Å². The molecule has 0 heterocycles. The van der Waals surface area contributed by atoms with Crippen LogP contribution in [0.4, 0.5) is 12.9 Å². The summed E-state index contributed by atoms with van der Waals surface area (Å²) in [6.07, 6.45) is 0. The zero-order valence-electron chi connectivity index (χ0n) is 8.29. The van der Waals surface area contributed by atoms with Crippen LogP contribution in [0, 0.1) is 5.41 Å².